The molecule has 33 heavy (non-hydrogen) atoms. The van der Waals surface area contributed by atoms with Crippen molar-refractivity contribution in [2.45, 2.75) is 9.79 Å². The second kappa shape index (κ2) is 7.38. The van der Waals surface area contributed by atoms with Gasteiger partial charge in [-0.2, -0.15) is 16.8 Å². The van der Waals surface area contributed by atoms with Crippen molar-refractivity contribution in [1.29, 1.82) is 0 Å². The summed E-state index contributed by atoms with van der Waals surface area (Å²) in [6, 6.07) is 10.6. The van der Waals surface area contributed by atoms with Crippen LogP contribution in [0.2, 0.25) is 0 Å². The van der Waals surface area contributed by atoms with E-state index in [4.69, 9.17) is 11.5 Å². The number of anilines is 4. The van der Waals surface area contributed by atoms with Gasteiger partial charge in [-0.05, 0) is 24.3 Å². The van der Waals surface area contributed by atoms with Gasteiger partial charge in [-0.1, -0.05) is 24.3 Å². The van der Waals surface area contributed by atoms with E-state index in [1.54, 1.807) is 12.1 Å². The normalized spacial score (nSPS) is 12.3. The van der Waals surface area contributed by atoms with Crippen LogP contribution in [0.15, 0.2) is 58.3 Å². The Hall–Kier alpha value is -3.78. The molecule has 0 atom stereocenters. The van der Waals surface area contributed by atoms with Crippen molar-refractivity contribution in [3.63, 3.8) is 0 Å². The average Bonchev–Trinajstić information content (AvgIpc) is 2.72. The first-order chi connectivity index (χ1) is 15.3. The molecule has 0 saturated heterocycles. The summed E-state index contributed by atoms with van der Waals surface area (Å²) in [6.45, 7) is 0. The van der Waals surface area contributed by atoms with Gasteiger partial charge in [0.2, 0.25) is 0 Å². The Morgan fingerprint density at radius 3 is 1.82 bits per heavy atom. The van der Waals surface area contributed by atoms with Gasteiger partial charge in [0.15, 0.2) is 0 Å². The Morgan fingerprint density at radius 1 is 0.727 bits per heavy atom. The lowest BCUT2D eigenvalue weighted by molar-refractivity contribution is 0.477. The van der Waals surface area contributed by atoms with Gasteiger partial charge < -0.3 is 27.0 Å². The molecule has 4 aromatic rings. The highest BCUT2D eigenvalue weighted by Crippen LogP contribution is 2.49. The maximum Gasteiger partial charge on any atom is 0.296 e. The zero-order valence-corrected chi connectivity index (χ0v) is 18.1. The van der Waals surface area contributed by atoms with E-state index in [1.807, 2.05) is 0 Å². The molecule has 0 aliphatic carbocycles. The summed E-state index contributed by atoms with van der Waals surface area (Å²) in [5.74, 6) is -0.805. The van der Waals surface area contributed by atoms with Gasteiger partial charge in [-0.15, -0.1) is 0 Å². The fourth-order valence-electron chi connectivity index (χ4n) is 3.63. The van der Waals surface area contributed by atoms with E-state index in [9.17, 15) is 36.2 Å². The Kier molecular flexibility index (Phi) is 5.01. The van der Waals surface area contributed by atoms with Crippen molar-refractivity contribution in [3.05, 3.63) is 48.5 Å². The number of fused-ring (bicyclic) bond motifs is 2. The molecular formula is C20H17N3O8S2. The third-order valence-electron chi connectivity index (χ3n) is 5.09. The molecule has 0 heterocycles. The maximum atomic E-state index is 12.0. The highest BCUT2D eigenvalue weighted by Gasteiger charge is 2.25. The van der Waals surface area contributed by atoms with Crippen LogP contribution in [-0.2, 0) is 20.2 Å². The SMILES string of the molecule is Nc1ccc(Nc2cc(S(=O)(=O)O)c(N)c3c(O)c4ccccc4c(O)c23)cc1S(=O)(=O)O. The van der Waals surface area contributed by atoms with Crippen LogP contribution in [0.1, 0.15) is 0 Å². The summed E-state index contributed by atoms with van der Waals surface area (Å²) in [7, 11) is -9.56. The number of phenolic OH excluding ortho intramolecular Hbond substituents is 2. The van der Waals surface area contributed by atoms with Crippen LogP contribution in [0.4, 0.5) is 22.7 Å². The summed E-state index contributed by atoms with van der Waals surface area (Å²) >= 11 is 0. The maximum absolute atomic E-state index is 12.0. The topological polar surface area (TPSA) is 213 Å². The molecule has 4 aromatic carbocycles. The van der Waals surface area contributed by atoms with Crippen molar-refractivity contribution >= 4 is 64.5 Å². The minimum atomic E-state index is -4.87. The van der Waals surface area contributed by atoms with Crippen molar-refractivity contribution in [1.82, 2.24) is 0 Å². The summed E-state index contributed by atoms with van der Waals surface area (Å²) < 4.78 is 66.2. The Morgan fingerprint density at radius 2 is 1.27 bits per heavy atom. The first-order valence-corrected chi connectivity index (χ1v) is 12.0. The Labute approximate surface area is 187 Å². The summed E-state index contributed by atoms with van der Waals surface area (Å²) in [4.78, 5) is -1.37. The molecule has 0 fully saturated rings. The third-order valence-corrected chi connectivity index (χ3v) is 6.89. The number of phenols is 2. The predicted molar refractivity (Wildman–Crippen MR) is 123 cm³/mol. The van der Waals surface area contributed by atoms with E-state index in [1.165, 1.54) is 24.3 Å². The van der Waals surface area contributed by atoms with E-state index in [0.717, 1.165) is 12.1 Å². The lowest BCUT2D eigenvalue weighted by Gasteiger charge is -2.18. The molecule has 0 unspecified atom stereocenters. The Balaban J connectivity index is 2.11. The summed E-state index contributed by atoms with van der Waals surface area (Å²) in [5.41, 5.74) is 10.7. The number of hydrogen-bond acceptors (Lipinski definition) is 9. The third kappa shape index (κ3) is 3.72. The highest BCUT2D eigenvalue weighted by atomic mass is 32.2. The lowest BCUT2D eigenvalue weighted by Crippen LogP contribution is -2.07. The number of nitrogen functional groups attached to an aromatic ring is 2. The van der Waals surface area contributed by atoms with E-state index >= 15 is 0 Å². The van der Waals surface area contributed by atoms with Gasteiger partial charge in [-0.25, -0.2) is 0 Å². The molecule has 0 aliphatic rings. The quantitative estimate of drug-likeness (QED) is 0.0953. The second-order valence-electron chi connectivity index (χ2n) is 7.16. The Bertz CT molecular complexity index is 1680. The summed E-state index contributed by atoms with van der Waals surface area (Å²) in [5, 5.41) is 24.6. The van der Waals surface area contributed by atoms with E-state index in [0.29, 0.717) is 0 Å². The highest BCUT2D eigenvalue weighted by molar-refractivity contribution is 7.86. The number of nitrogens with one attached hydrogen (secondary N) is 1. The van der Waals surface area contributed by atoms with E-state index in [-0.39, 0.29) is 44.4 Å². The van der Waals surface area contributed by atoms with Crippen LogP contribution < -0.4 is 16.8 Å². The molecule has 0 radical (unpaired) electrons. The largest absolute Gasteiger partial charge is 0.507 e. The van der Waals surface area contributed by atoms with Gasteiger partial charge in [0.1, 0.15) is 21.3 Å². The molecule has 4 rings (SSSR count). The second-order valence-corrected chi connectivity index (χ2v) is 9.94. The molecule has 0 spiro atoms. The van der Waals surface area contributed by atoms with Crippen molar-refractivity contribution in [3.8, 4) is 11.5 Å². The predicted octanol–water partition coefficient (Wildman–Crippen LogP) is 2.81. The molecule has 0 aromatic heterocycles. The number of hydrogen-bond donors (Lipinski definition) is 7. The van der Waals surface area contributed by atoms with Crippen LogP contribution in [0.5, 0.6) is 11.5 Å². The van der Waals surface area contributed by atoms with Crippen molar-refractivity contribution < 1.29 is 36.2 Å². The molecule has 172 valence electrons. The smallest absolute Gasteiger partial charge is 0.296 e. The van der Waals surface area contributed by atoms with Gasteiger partial charge in [0.25, 0.3) is 20.2 Å². The molecule has 11 nitrogen and oxygen atoms in total. The summed E-state index contributed by atoms with van der Waals surface area (Å²) in [6.07, 6.45) is 0. The van der Waals surface area contributed by atoms with Crippen molar-refractivity contribution in [2.75, 3.05) is 16.8 Å². The van der Waals surface area contributed by atoms with Gasteiger partial charge in [0, 0.05) is 16.5 Å². The first-order valence-electron chi connectivity index (χ1n) is 9.11. The van der Waals surface area contributed by atoms with Gasteiger partial charge in [-0.3, -0.25) is 9.11 Å². The zero-order valence-electron chi connectivity index (χ0n) is 16.5. The van der Waals surface area contributed by atoms with Gasteiger partial charge in [0.05, 0.1) is 27.8 Å². The van der Waals surface area contributed by atoms with E-state index < -0.39 is 41.5 Å². The molecule has 0 saturated carbocycles. The molecule has 0 amide bonds. The molecular weight excluding hydrogens is 474 g/mol. The van der Waals surface area contributed by atoms with Crippen LogP contribution in [0, 0.1) is 0 Å². The minimum Gasteiger partial charge on any atom is -0.507 e. The molecule has 0 bridgehead atoms. The van der Waals surface area contributed by atoms with Crippen LogP contribution >= 0.6 is 0 Å². The molecule has 9 N–H and O–H groups in total. The van der Waals surface area contributed by atoms with E-state index in [2.05, 4.69) is 5.32 Å². The van der Waals surface area contributed by atoms with Gasteiger partial charge >= 0.3 is 0 Å². The standard InChI is InChI=1S/C20H17N3O8S2/c21-12-6-5-9(7-14(12)32(26,27)28)23-13-8-15(33(29,30)31)18(22)17-16(13)19(24)10-3-1-2-4-11(10)20(17)25/h1-8,23-25H,21-22H2,(H,26,27,28)(H,29,30,31). The van der Waals surface area contributed by atoms with Crippen LogP contribution in [0.25, 0.3) is 21.5 Å². The van der Waals surface area contributed by atoms with Crippen LogP contribution in [-0.4, -0.2) is 36.2 Å². The first kappa shape index (κ1) is 22.4. The zero-order chi connectivity index (χ0) is 24.3. The lowest BCUT2D eigenvalue weighted by atomic mass is 9.98. The number of nitrogens with two attached hydrogens (primary N) is 2. The number of benzene rings is 4. The fraction of sp³-hybridized carbons (Fsp3) is 0. The minimum absolute atomic E-state index is 0.0243. The number of aromatic hydroxyl groups is 2. The fourth-order valence-corrected chi connectivity index (χ4v) is 4.92. The van der Waals surface area contributed by atoms with Crippen molar-refractivity contribution in [2.24, 2.45) is 0 Å². The number of rotatable bonds is 4. The molecule has 0 aliphatic heterocycles. The monoisotopic (exact) mass is 491 g/mol. The van der Waals surface area contributed by atoms with Crippen LogP contribution in [0.3, 0.4) is 0 Å². The average molecular weight is 492 g/mol. The molecule has 13 heteroatoms.